The highest BCUT2D eigenvalue weighted by Crippen LogP contribution is 2.35. The SMILES string of the molecule is Cc1ccc(S(=O)(=O)Oc2ccc(-c3ccc(OC4CCN(C)C(C)(C)C4C)nn3)c(O)c2)cc1.Cl. The summed E-state index contributed by atoms with van der Waals surface area (Å²) in [7, 11) is -1.89. The summed E-state index contributed by atoms with van der Waals surface area (Å²) in [4.78, 5) is 2.38. The molecule has 0 aliphatic carbocycles. The lowest BCUT2D eigenvalue weighted by atomic mass is 9.79. The van der Waals surface area contributed by atoms with Crippen LogP contribution in [-0.2, 0) is 10.1 Å². The van der Waals surface area contributed by atoms with Gasteiger partial charge in [0, 0.05) is 35.7 Å². The molecule has 0 bridgehead atoms. The van der Waals surface area contributed by atoms with Gasteiger partial charge in [-0.25, -0.2) is 0 Å². The number of halogens is 1. The number of hydrogen-bond donors (Lipinski definition) is 1. The van der Waals surface area contributed by atoms with Gasteiger partial charge < -0.3 is 18.9 Å². The molecule has 8 nitrogen and oxygen atoms in total. The molecule has 1 aromatic heterocycles. The number of phenolic OH excluding ortho intramolecular Hbond substituents is 1. The second kappa shape index (κ2) is 10.6. The van der Waals surface area contributed by atoms with E-state index in [1.165, 1.54) is 24.3 Å². The number of nitrogens with zero attached hydrogens (tertiary/aromatic N) is 3. The van der Waals surface area contributed by atoms with E-state index >= 15 is 0 Å². The van der Waals surface area contributed by atoms with Gasteiger partial charge in [0.25, 0.3) is 0 Å². The van der Waals surface area contributed by atoms with E-state index in [0.29, 0.717) is 23.1 Å². The van der Waals surface area contributed by atoms with Crippen molar-refractivity contribution in [3.05, 3.63) is 60.2 Å². The number of piperidine rings is 1. The molecule has 0 amide bonds. The highest BCUT2D eigenvalue weighted by atomic mass is 35.5. The highest BCUT2D eigenvalue weighted by Gasteiger charge is 2.40. The highest BCUT2D eigenvalue weighted by molar-refractivity contribution is 7.87. The number of rotatable bonds is 6. The maximum Gasteiger partial charge on any atom is 0.339 e. The van der Waals surface area contributed by atoms with Gasteiger partial charge in [0.2, 0.25) is 5.88 Å². The first kappa shape index (κ1) is 27.7. The average molecular weight is 534 g/mol. The number of phenols is 1. The van der Waals surface area contributed by atoms with Crippen molar-refractivity contribution >= 4 is 22.5 Å². The fourth-order valence-electron chi connectivity index (χ4n) is 4.16. The first-order valence-electron chi connectivity index (χ1n) is 11.5. The van der Waals surface area contributed by atoms with Crippen LogP contribution in [0, 0.1) is 12.8 Å². The third-order valence-electron chi connectivity index (χ3n) is 7.08. The lowest BCUT2D eigenvalue weighted by Gasteiger charge is -2.48. The summed E-state index contributed by atoms with van der Waals surface area (Å²) in [6.45, 7) is 9.41. The summed E-state index contributed by atoms with van der Waals surface area (Å²) in [5, 5.41) is 18.9. The van der Waals surface area contributed by atoms with E-state index in [-0.39, 0.29) is 40.4 Å². The fourth-order valence-corrected chi connectivity index (χ4v) is 5.09. The Bertz CT molecular complexity index is 1300. The quantitative estimate of drug-likeness (QED) is 0.449. The minimum atomic E-state index is -4.02. The molecule has 0 saturated carbocycles. The number of aryl methyl sites for hydroxylation is 1. The number of aromatic nitrogens is 2. The minimum Gasteiger partial charge on any atom is -0.507 e. The third-order valence-corrected chi connectivity index (χ3v) is 8.34. The third kappa shape index (κ3) is 5.74. The van der Waals surface area contributed by atoms with Crippen molar-refractivity contribution in [2.75, 3.05) is 13.6 Å². The molecular formula is C26H32ClN3O5S. The van der Waals surface area contributed by atoms with Crippen LogP contribution in [0.15, 0.2) is 59.5 Å². The van der Waals surface area contributed by atoms with Gasteiger partial charge in [0.15, 0.2) is 0 Å². The number of likely N-dealkylation sites (tertiary alicyclic amines) is 1. The van der Waals surface area contributed by atoms with E-state index in [0.717, 1.165) is 18.5 Å². The molecule has 194 valence electrons. The Kier molecular flexibility index (Phi) is 8.17. The number of hydrogen-bond acceptors (Lipinski definition) is 8. The molecule has 1 N–H and O–H groups in total. The van der Waals surface area contributed by atoms with Crippen LogP contribution in [0.5, 0.6) is 17.4 Å². The van der Waals surface area contributed by atoms with Crippen molar-refractivity contribution in [3.63, 3.8) is 0 Å². The maximum absolute atomic E-state index is 12.5. The van der Waals surface area contributed by atoms with Crippen molar-refractivity contribution in [1.29, 1.82) is 0 Å². The average Bonchev–Trinajstić information content (AvgIpc) is 2.81. The number of aromatic hydroxyl groups is 1. The topological polar surface area (TPSA) is 102 Å². The van der Waals surface area contributed by atoms with E-state index in [9.17, 15) is 13.5 Å². The summed E-state index contributed by atoms with van der Waals surface area (Å²) in [5.74, 6) is 0.555. The van der Waals surface area contributed by atoms with Gasteiger partial charge in [-0.05, 0) is 64.6 Å². The van der Waals surface area contributed by atoms with Crippen LogP contribution < -0.4 is 8.92 Å². The molecule has 2 atom stereocenters. The summed E-state index contributed by atoms with van der Waals surface area (Å²) in [6, 6.07) is 14.0. The maximum atomic E-state index is 12.5. The van der Waals surface area contributed by atoms with Crippen molar-refractivity contribution < 1.29 is 22.4 Å². The molecule has 36 heavy (non-hydrogen) atoms. The zero-order valence-corrected chi connectivity index (χ0v) is 22.6. The second-order valence-electron chi connectivity index (χ2n) is 9.60. The molecule has 4 rings (SSSR count). The van der Waals surface area contributed by atoms with E-state index in [2.05, 4.69) is 42.9 Å². The summed E-state index contributed by atoms with van der Waals surface area (Å²) in [6.07, 6.45) is 0.930. The van der Waals surface area contributed by atoms with Crippen molar-refractivity contribution in [2.24, 2.45) is 5.92 Å². The Morgan fingerprint density at radius 3 is 2.36 bits per heavy atom. The molecule has 10 heteroatoms. The van der Waals surface area contributed by atoms with Gasteiger partial charge in [-0.2, -0.15) is 8.42 Å². The predicted molar refractivity (Wildman–Crippen MR) is 140 cm³/mol. The zero-order chi connectivity index (χ0) is 25.4. The van der Waals surface area contributed by atoms with Gasteiger partial charge in [-0.3, -0.25) is 0 Å². The summed E-state index contributed by atoms with van der Waals surface area (Å²) >= 11 is 0. The van der Waals surface area contributed by atoms with E-state index in [1.807, 2.05) is 6.92 Å². The van der Waals surface area contributed by atoms with Gasteiger partial charge in [0.05, 0.1) is 5.69 Å². The number of ether oxygens (including phenoxy) is 1. The lowest BCUT2D eigenvalue weighted by Crippen LogP contribution is -2.56. The van der Waals surface area contributed by atoms with Gasteiger partial charge in [-0.15, -0.1) is 22.6 Å². The standard InChI is InChI=1S/C26H31N3O5S.ClH/c1-17-6-9-20(10-7-17)35(31,32)34-19-8-11-21(23(30)16-19)22-12-13-25(28-27-22)33-24-14-15-29(5)26(3,4)18(24)2;/h6-13,16,18,24,30H,14-15H2,1-5H3;1H. The lowest BCUT2D eigenvalue weighted by molar-refractivity contribution is -0.0301. The molecule has 1 saturated heterocycles. The normalized spacial score (nSPS) is 19.8. The summed E-state index contributed by atoms with van der Waals surface area (Å²) in [5.41, 5.74) is 1.78. The predicted octanol–water partition coefficient (Wildman–Crippen LogP) is 4.84. The first-order valence-corrected chi connectivity index (χ1v) is 12.9. The molecule has 2 heterocycles. The van der Waals surface area contributed by atoms with Crippen LogP contribution in [0.2, 0.25) is 0 Å². The van der Waals surface area contributed by atoms with Crippen LogP contribution in [0.3, 0.4) is 0 Å². The smallest absolute Gasteiger partial charge is 0.339 e. The monoisotopic (exact) mass is 533 g/mol. The van der Waals surface area contributed by atoms with Crippen LogP contribution in [0.25, 0.3) is 11.3 Å². The Balaban J connectivity index is 0.00000361. The van der Waals surface area contributed by atoms with E-state index in [1.54, 1.807) is 30.3 Å². The zero-order valence-electron chi connectivity index (χ0n) is 21.0. The van der Waals surface area contributed by atoms with Crippen LogP contribution in [0.1, 0.15) is 32.8 Å². The van der Waals surface area contributed by atoms with Crippen molar-refractivity contribution in [2.45, 2.75) is 50.7 Å². The Hall–Kier alpha value is -2.88. The molecule has 2 aromatic carbocycles. The van der Waals surface area contributed by atoms with Gasteiger partial charge in [0.1, 0.15) is 22.5 Å². The van der Waals surface area contributed by atoms with Crippen LogP contribution in [-0.4, -0.2) is 53.9 Å². The minimum absolute atomic E-state index is 0. The van der Waals surface area contributed by atoms with Crippen LogP contribution >= 0.6 is 12.4 Å². The fraction of sp³-hybridized carbons (Fsp3) is 0.385. The molecule has 2 unspecified atom stereocenters. The molecule has 0 spiro atoms. The molecule has 1 aliphatic rings. The molecule has 1 aliphatic heterocycles. The molecule has 3 aromatic rings. The Labute approximate surface area is 218 Å². The number of benzene rings is 2. The van der Waals surface area contributed by atoms with E-state index in [4.69, 9.17) is 8.92 Å². The Morgan fingerprint density at radius 2 is 1.75 bits per heavy atom. The van der Waals surface area contributed by atoms with Gasteiger partial charge in [-0.1, -0.05) is 24.6 Å². The summed E-state index contributed by atoms with van der Waals surface area (Å²) < 4.78 is 36.4. The molecule has 0 radical (unpaired) electrons. The largest absolute Gasteiger partial charge is 0.507 e. The van der Waals surface area contributed by atoms with Crippen molar-refractivity contribution in [1.82, 2.24) is 15.1 Å². The Morgan fingerprint density at radius 1 is 1.06 bits per heavy atom. The van der Waals surface area contributed by atoms with Crippen LogP contribution in [0.4, 0.5) is 0 Å². The molecule has 1 fully saturated rings. The second-order valence-corrected chi connectivity index (χ2v) is 11.1. The molecular weight excluding hydrogens is 502 g/mol. The van der Waals surface area contributed by atoms with Gasteiger partial charge >= 0.3 is 10.1 Å². The van der Waals surface area contributed by atoms with Crippen molar-refractivity contribution in [3.8, 4) is 28.6 Å². The van der Waals surface area contributed by atoms with E-state index < -0.39 is 10.1 Å². The first-order chi connectivity index (χ1) is 16.5.